The number of alkyl halides is 1. The van der Waals surface area contributed by atoms with E-state index >= 15 is 0 Å². The highest BCUT2D eigenvalue weighted by atomic mass is 127. The second-order valence-electron chi connectivity index (χ2n) is 4.08. The average Bonchev–Trinajstić information content (AvgIpc) is 2.39. The summed E-state index contributed by atoms with van der Waals surface area (Å²) in [5, 5.41) is 9.54. The fraction of sp³-hybridized carbons (Fsp3) is 0.571. The van der Waals surface area contributed by atoms with Crippen LogP contribution in [0.15, 0.2) is 18.2 Å². The fourth-order valence-electron chi connectivity index (χ4n) is 1.61. The van der Waals surface area contributed by atoms with Crippen LogP contribution in [0, 0.1) is 0 Å². The molecule has 0 heterocycles. The van der Waals surface area contributed by atoms with Crippen molar-refractivity contribution in [3.63, 3.8) is 0 Å². The quantitative estimate of drug-likeness (QED) is 0.569. The van der Waals surface area contributed by atoms with Crippen molar-refractivity contribution in [1.29, 1.82) is 0 Å². The molecule has 18 heavy (non-hydrogen) atoms. The van der Waals surface area contributed by atoms with Gasteiger partial charge in [0.2, 0.25) is 0 Å². The third kappa shape index (κ3) is 5.02. The van der Waals surface area contributed by atoms with Gasteiger partial charge in [-0.05, 0) is 31.0 Å². The van der Waals surface area contributed by atoms with E-state index in [2.05, 4.69) is 35.6 Å². The molecule has 0 aromatic heterocycles. The van der Waals surface area contributed by atoms with E-state index in [1.54, 1.807) is 0 Å². The SMILES string of the molecule is CCCc1ccc(OCC)c(OCC(O)CI)c1. The summed E-state index contributed by atoms with van der Waals surface area (Å²) in [6, 6.07) is 6.02. The Labute approximate surface area is 123 Å². The molecule has 1 N–H and O–H groups in total. The first-order valence-corrected chi connectivity index (χ1v) is 7.86. The summed E-state index contributed by atoms with van der Waals surface area (Å²) in [5.74, 6) is 1.48. The van der Waals surface area contributed by atoms with Crippen molar-refractivity contribution in [3.8, 4) is 11.5 Å². The Kier molecular flexibility index (Phi) is 7.42. The van der Waals surface area contributed by atoms with Gasteiger partial charge in [-0.2, -0.15) is 0 Å². The Bertz CT molecular complexity index is 355. The zero-order valence-corrected chi connectivity index (χ0v) is 13.1. The molecule has 0 saturated carbocycles. The monoisotopic (exact) mass is 364 g/mol. The molecule has 0 amide bonds. The Hall–Kier alpha value is -0.490. The van der Waals surface area contributed by atoms with E-state index in [4.69, 9.17) is 9.47 Å². The second-order valence-corrected chi connectivity index (χ2v) is 4.96. The van der Waals surface area contributed by atoms with Gasteiger partial charge >= 0.3 is 0 Å². The normalized spacial score (nSPS) is 12.2. The molecule has 4 heteroatoms. The van der Waals surface area contributed by atoms with Crippen LogP contribution in [0.4, 0.5) is 0 Å². The number of aryl methyl sites for hydroxylation is 1. The fourth-order valence-corrected chi connectivity index (χ4v) is 1.87. The number of hydrogen-bond acceptors (Lipinski definition) is 3. The minimum atomic E-state index is -0.435. The summed E-state index contributed by atoms with van der Waals surface area (Å²) in [5.41, 5.74) is 1.24. The number of rotatable bonds is 8. The van der Waals surface area contributed by atoms with Gasteiger partial charge in [0.15, 0.2) is 11.5 Å². The topological polar surface area (TPSA) is 38.7 Å². The predicted octanol–water partition coefficient (Wildman–Crippen LogP) is 3.21. The molecule has 0 aliphatic carbocycles. The maximum absolute atomic E-state index is 9.54. The van der Waals surface area contributed by atoms with Gasteiger partial charge in [0.1, 0.15) is 6.61 Å². The highest BCUT2D eigenvalue weighted by Gasteiger charge is 2.09. The number of hydrogen-bond donors (Lipinski definition) is 1. The van der Waals surface area contributed by atoms with Gasteiger partial charge in [-0.1, -0.05) is 42.0 Å². The molecule has 0 aliphatic heterocycles. The van der Waals surface area contributed by atoms with Crippen LogP contribution >= 0.6 is 22.6 Å². The second kappa shape index (κ2) is 8.58. The van der Waals surface area contributed by atoms with E-state index in [0.717, 1.165) is 24.3 Å². The van der Waals surface area contributed by atoms with Crippen molar-refractivity contribution in [2.75, 3.05) is 17.6 Å². The Morgan fingerprint density at radius 2 is 2.00 bits per heavy atom. The van der Waals surface area contributed by atoms with Crippen LogP contribution in [0.1, 0.15) is 25.8 Å². The van der Waals surface area contributed by atoms with Crippen molar-refractivity contribution in [2.24, 2.45) is 0 Å². The van der Waals surface area contributed by atoms with Crippen LogP contribution in [-0.2, 0) is 6.42 Å². The average molecular weight is 364 g/mol. The highest BCUT2D eigenvalue weighted by Crippen LogP contribution is 2.29. The molecule has 0 fully saturated rings. The predicted molar refractivity (Wildman–Crippen MR) is 82.0 cm³/mol. The molecule has 1 aromatic rings. The molecule has 1 atom stereocenters. The minimum absolute atomic E-state index is 0.304. The molecule has 0 radical (unpaired) electrons. The van der Waals surface area contributed by atoms with Gasteiger partial charge in [-0.3, -0.25) is 0 Å². The number of aliphatic hydroxyl groups is 1. The first kappa shape index (κ1) is 15.6. The van der Waals surface area contributed by atoms with Gasteiger partial charge in [0.05, 0.1) is 12.7 Å². The summed E-state index contributed by atoms with van der Waals surface area (Å²) in [6.07, 6.45) is 1.69. The summed E-state index contributed by atoms with van der Waals surface area (Å²) in [7, 11) is 0. The van der Waals surface area contributed by atoms with E-state index in [-0.39, 0.29) is 0 Å². The van der Waals surface area contributed by atoms with Gasteiger partial charge in [-0.15, -0.1) is 0 Å². The Balaban J connectivity index is 2.78. The molecule has 0 saturated heterocycles. The van der Waals surface area contributed by atoms with Crippen LogP contribution in [0.5, 0.6) is 11.5 Å². The first-order valence-electron chi connectivity index (χ1n) is 6.33. The van der Waals surface area contributed by atoms with Crippen molar-refractivity contribution in [3.05, 3.63) is 23.8 Å². The van der Waals surface area contributed by atoms with Crippen LogP contribution in [0.3, 0.4) is 0 Å². The van der Waals surface area contributed by atoms with E-state index in [1.165, 1.54) is 5.56 Å². The van der Waals surface area contributed by atoms with Gasteiger partial charge in [-0.25, -0.2) is 0 Å². The van der Waals surface area contributed by atoms with Gasteiger partial charge in [0.25, 0.3) is 0 Å². The highest BCUT2D eigenvalue weighted by molar-refractivity contribution is 14.1. The third-order valence-electron chi connectivity index (χ3n) is 2.46. The van der Waals surface area contributed by atoms with Crippen LogP contribution in [0.2, 0.25) is 0 Å². The van der Waals surface area contributed by atoms with E-state index < -0.39 is 6.10 Å². The lowest BCUT2D eigenvalue weighted by atomic mass is 10.1. The summed E-state index contributed by atoms with van der Waals surface area (Å²) in [4.78, 5) is 0. The molecule has 0 bridgehead atoms. The molecular weight excluding hydrogens is 343 g/mol. The lowest BCUT2D eigenvalue weighted by Gasteiger charge is -2.15. The lowest BCUT2D eigenvalue weighted by molar-refractivity contribution is 0.125. The standard InChI is InChI=1S/C14H21IO3/c1-3-5-11-6-7-13(17-4-2)14(8-11)18-10-12(16)9-15/h6-8,12,16H,3-5,9-10H2,1-2H3. The van der Waals surface area contributed by atoms with Crippen LogP contribution in [0.25, 0.3) is 0 Å². The number of halogens is 1. The molecule has 0 aliphatic rings. The molecular formula is C14H21IO3. The molecule has 1 rings (SSSR count). The third-order valence-corrected chi connectivity index (χ3v) is 3.47. The largest absolute Gasteiger partial charge is 0.490 e. The molecule has 102 valence electrons. The van der Waals surface area contributed by atoms with Crippen molar-refractivity contribution in [2.45, 2.75) is 32.8 Å². The number of benzene rings is 1. The van der Waals surface area contributed by atoms with Gasteiger partial charge < -0.3 is 14.6 Å². The van der Waals surface area contributed by atoms with E-state index in [0.29, 0.717) is 17.6 Å². The smallest absolute Gasteiger partial charge is 0.161 e. The molecule has 3 nitrogen and oxygen atoms in total. The summed E-state index contributed by atoms with van der Waals surface area (Å²) >= 11 is 2.14. The lowest BCUT2D eigenvalue weighted by Crippen LogP contribution is -2.19. The summed E-state index contributed by atoms with van der Waals surface area (Å²) in [6.45, 7) is 5.01. The Morgan fingerprint density at radius 1 is 1.22 bits per heavy atom. The van der Waals surface area contributed by atoms with Crippen LogP contribution in [-0.4, -0.2) is 28.9 Å². The molecule has 1 unspecified atom stereocenters. The molecule has 1 aromatic carbocycles. The maximum Gasteiger partial charge on any atom is 0.161 e. The zero-order valence-electron chi connectivity index (χ0n) is 11.0. The maximum atomic E-state index is 9.54. The zero-order chi connectivity index (χ0) is 13.4. The van der Waals surface area contributed by atoms with Crippen molar-refractivity contribution >= 4 is 22.6 Å². The van der Waals surface area contributed by atoms with Gasteiger partial charge in [0, 0.05) is 4.43 Å². The van der Waals surface area contributed by atoms with Crippen molar-refractivity contribution in [1.82, 2.24) is 0 Å². The number of ether oxygens (including phenoxy) is 2. The van der Waals surface area contributed by atoms with E-state index in [1.807, 2.05) is 19.1 Å². The summed E-state index contributed by atoms with van der Waals surface area (Å²) < 4.78 is 11.8. The minimum Gasteiger partial charge on any atom is -0.490 e. The molecule has 0 spiro atoms. The Morgan fingerprint density at radius 3 is 2.61 bits per heavy atom. The van der Waals surface area contributed by atoms with Crippen molar-refractivity contribution < 1.29 is 14.6 Å². The first-order chi connectivity index (χ1) is 8.71. The van der Waals surface area contributed by atoms with Crippen LogP contribution < -0.4 is 9.47 Å². The number of aliphatic hydroxyl groups excluding tert-OH is 1. The van der Waals surface area contributed by atoms with E-state index in [9.17, 15) is 5.11 Å².